The molecule has 1 amide bonds. The number of nitrogens with one attached hydrogen (secondary N) is 1. The van der Waals surface area contributed by atoms with E-state index < -0.39 is 0 Å². The van der Waals surface area contributed by atoms with Crippen LogP contribution in [0.2, 0.25) is 5.02 Å². The number of carbonyl (C=O) groups excluding carboxylic acids is 1. The Hall–Kier alpha value is -1.26. The molecule has 1 aromatic carbocycles. The zero-order chi connectivity index (χ0) is 14.5. The molecular formula is C15H21ClN2O2. The summed E-state index contributed by atoms with van der Waals surface area (Å²) in [4.78, 5) is 14.5. The van der Waals surface area contributed by atoms with E-state index in [2.05, 4.69) is 5.32 Å². The normalized spacial score (nSPS) is 19.1. The first-order valence-electron chi connectivity index (χ1n) is 7.07. The molecule has 0 spiro atoms. The van der Waals surface area contributed by atoms with Crippen LogP contribution in [0.4, 0.5) is 0 Å². The Labute approximate surface area is 124 Å². The monoisotopic (exact) mass is 296 g/mol. The van der Waals surface area contributed by atoms with Gasteiger partial charge in [0.1, 0.15) is 5.75 Å². The van der Waals surface area contributed by atoms with Gasteiger partial charge in [-0.15, -0.1) is 0 Å². The summed E-state index contributed by atoms with van der Waals surface area (Å²) >= 11 is 5.81. The van der Waals surface area contributed by atoms with Crippen LogP contribution in [-0.2, 0) is 0 Å². The molecule has 1 aliphatic rings. The van der Waals surface area contributed by atoms with E-state index in [0.717, 1.165) is 38.8 Å². The van der Waals surface area contributed by atoms with E-state index >= 15 is 0 Å². The van der Waals surface area contributed by atoms with E-state index in [-0.39, 0.29) is 17.7 Å². The fourth-order valence-corrected chi connectivity index (χ4v) is 2.89. The van der Waals surface area contributed by atoms with Crippen molar-refractivity contribution >= 4 is 17.5 Å². The number of amides is 1. The number of hydrogen-bond donors (Lipinski definition) is 2. The largest absolute Gasteiger partial charge is 0.507 e. The number of aromatic hydroxyl groups is 1. The maximum atomic E-state index is 12.6. The molecule has 4 nitrogen and oxygen atoms in total. The van der Waals surface area contributed by atoms with E-state index in [1.165, 1.54) is 6.07 Å². The predicted molar refractivity (Wildman–Crippen MR) is 80.3 cm³/mol. The summed E-state index contributed by atoms with van der Waals surface area (Å²) in [6.45, 7) is 1.65. The van der Waals surface area contributed by atoms with Crippen LogP contribution in [0.5, 0.6) is 5.75 Å². The maximum absolute atomic E-state index is 12.6. The van der Waals surface area contributed by atoms with Crippen LogP contribution in [-0.4, -0.2) is 42.1 Å². The first-order chi connectivity index (χ1) is 9.63. The molecule has 1 aromatic rings. The molecule has 2 rings (SSSR count). The summed E-state index contributed by atoms with van der Waals surface area (Å²) in [5.41, 5.74) is 0.339. The lowest BCUT2D eigenvalue weighted by atomic mass is 9.98. The molecule has 0 radical (unpaired) electrons. The number of piperidine rings is 1. The van der Waals surface area contributed by atoms with Gasteiger partial charge in [0.25, 0.3) is 5.91 Å². The molecular weight excluding hydrogens is 276 g/mol. The van der Waals surface area contributed by atoms with Gasteiger partial charge in [-0.05, 0) is 57.5 Å². The average Bonchev–Trinajstić information content (AvgIpc) is 2.45. The Balaban J connectivity index is 2.16. The van der Waals surface area contributed by atoms with Crippen molar-refractivity contribution in [2.24, 2.45) is 0 Å². The van der Waals surface area contributed by atoms with E-state index in [4.69, 9.17) is 11.6 Å². The Morgan fingerprint density at radius 2 is 2.30 bits per heavy atom. The molecule has 5 heteroatoms. The highest BCUT2D eigenvalue weighted by atomic mass is 35.5. The van der Waals surface area contributed by atoms with Gasteiger partial charge in [0, 0.05) is 17.6 Å². The lowest BCUT2D eigenvalue weighted by Crippen LogP contribution is -2.44. The molecule has 1 aliphatic heterocycles. The van der Waals surface area contributed by atoms with Crippen LogP contribution in [0.3, 0.4) is 0 Å². The van der Waals surface area contributed by atoms with Gasteiger partial charge >= 0.3 is 0 Å². The third-order valence-electron chi connectivity index (χ3n) is 3.81. The SMILES string of the molecule is CNCCC1CCCCN1C(=O)c1ccc(Cl)cc1O. The second kappa shape index (κ2) is 6.95. The highest BCUT2D eigenvalue weighted by molar-refractivity contribution is 6.30. The fraction of sp³-hybridized carbons (Fsp3) is 0.533. The molecule has 2 N–H and O–H groups in total. The highest BCUT2D eigenvalue weighted by Crippen LogP contribution is 2.27. The molecule has 0 aliphatic carbocycles. The standard InChI is InChI=1S/C15H21ClN2O2/c1-17-8-7-12-4-2-3-9-18(12)15(20)13-6-5-11(16)10-14(13)19/h5-6,10,12,17,19H,2-4,7-9H2,1H3. The Morgan fingerprint density at radius 3 is 3.00 bits per heavy atom. The smallest absolute Gasteiger partial charge is 0.257 e. The minimum absolute atomic E-state index is 0.0413. The van der Waals surface area contributed by atoms with Crippen molar-refractivity contribution in [2.75, 3.05) is 20.1 Å². The number of rotatable bonds is 4. The van der Waals surface area contributed by atoms with Crippen LogP contribution in [0.15, 0.2) is 18.2 Å². The highest BCUT2D eigenvalue weighted by Gasteiger charge is 2.28. The van der Waals surface area contributed by atoms with Crippen molar-refractivity contribution in [1.82, 2.24) is 10.2 Å². The number of halogens is 1. The van der Waals surface area contributed by atoms with Crippen LogP contribution >= 0.6 is 11.6 Å². The number of hydrogen-bond acceptors (Lipinski definition) is 3. The van der Waals surface area contributed by atoms with Crippen LogP contribution in [0.25, 0.3) is 0 Å². The summed E-state index contributed by atoms with van der Waals surface area (Å²) in [7, 11) is 1.92. The Morgan fingerprint density at radius 1 is 1.50 bits per heavy atom. The van der Waals surface area contributed by atoms with E-state index in [1.807, 2.05) is 11.9 Å². The summed E-state index contributed by atoms with van der Waals surface area (Å²) < 4.78 is 0. The average molecular weight is 297 g/mol. The molecule has 1 fully saturated rings. The van der Waals surface area contributed by atoms with Gasteiger partial charge in [-0.3, -0.25) is 4.79 Å². The molecule has 20 heavy (non-hydrogen) atoms. The molecule has 1 atom stereocenters. The van der Waals surface area contributed by atoms with Gasteiger partial charge in [0.05, 0.1) is 5.56 Å². The quantitative estimate of drug-likeness (QED) is 0.898. The van der Waals surface area contributed by atoms with Crippen molar-refractivity contribution < 1.29 is 9.90 Å². The number of nitrogens with zero attached hydrogens (tertiary/aromatic N) is 1. The van der Waals surface area contributed by atoms with Gasteiger partial charge in [-0.2, -0.15) is 0 Å². The third-order valence-corrected chi connectivity index (χ3v) is 4.04. The van der Waals surface area contributed by atoms with E-state index in [0.29, 0.717) is 10.6 Å². The number of likely N-dealkylation sites (tertiary alicyclic amines) is 1. The summed E-state index contributed by atoms with van der Waals surface area (Å²) in [6.07, 6.45) is 4.15. The fourth-order valence-electron chi connectivity index (χ4n) is 2.72. The van der Waals surface area contributed by atoms with Crippen molar-refractivity contribution in [3.63, 3.8) is 0 Å². The Bertz CT molecular complexity index is 479. The number of phenolic OH excluding ortho intramolecular Hbond substituents is 1. The number of carbonyl (C=O) groups is 1. The van der Waals surface area contributed by atoms with Crippen LogP contribution in [0.1, 0.15) is 36.0 Å². The Kier molecular flexibility index (Phi) is 5.26. The molecule has 1 heterocycles. The lowest BCUT2D eigenvalue weighted by Gasteiger charge is -2.36. The van der Waals surface area contributed by atoms with Crippen molar-refractivity contribution in [3.05, 3.63) is 28.8 Å². The molecule has 0 saturated carbocycles. The van der Waals surface area contributed by atoms with E-state index in [9.17, 15) is 9.90 Å². The minimum atomic E-state index is -0.0973. The summed E-state index contributed by atoms with van der Waals surface area (Å²) in [5, 5.41) is 13.5. The van der Waals surface area contributed by atoms with E-state index in [1.54, 1.807) is 12.1 Å². The van der Waals surface area contributed by atoms with Gasteiger partial charge in [0.15, 0.2) is 0 Å². The molecule has 0 aromatic heterocycles. The summed E-state index contributed by atoms with van der Waals surface area (Å²) in [6, 6.07) is 4.91. The van der Waals surface area contributed by atoms with Gasteiger partial charge in [-0.1, -0.05) is 11.6 Å². The second-order valence-electron chi connectivity index (χ2n) is 5.20. The predicted octanol–water partition coefficient (Wildman–Crippen LogP) is 2.65. The lowest BCUT2D eigenvalue weighted by molar-refractivity contribution is 0.0599. The zero-order valence-electron chi connectivity index (χ0n) is 11.7. The second-order valence-corrected chi connectivity index (χ2v) is 5.64. The van der Waals surface area contributed by atoms with Gasteiger partial charge in [0.2, 0.25) is 0 Å². The molecule has 1 saturated heterocycles. The van der Waals surface area contributed by atoms with Crippen molar-refractivity contribution in [1.29, 1.82) is 0 Å². The molecule has 1 unspecified atom stereocenters. The van der Waals surface area contributed by atoms with Gasteiger partial charge in [-0.25, -0.2) is 0 Å². The van der Waals surface area contributed by atoms with Gasteiger partial charge < -0.3 is 15.3 Å². The zero-order valence-corrected chi connectivity index (χ0v) is 12.5. The van der Waals surface area contributed by atoms with Crippen molar-refractivity contribution in [3.8, 4) is 5.75 Å². The summed E-state index contributed by atoms with van der Waals surface area (Å²) in [5.74, 6) is -0.139. The van der Waals surface area contributed by atoms with Crippen molar-refractivity contribution in [2.45, 2.75) is 31.7 Å². The van der Waals surface area contributed by atoms with Crippen LogP contribution in [0, 0.1) is 0 Å². The third kappa shape index (κ3) is 3.44. The number of benzene rings is 1. The topological polar surface area (TPSA) is 52.6 Å². The minimum Gasteiger partial charge on any atom is -0.507 e. The number of phenols is 1. The first kappa shape index (κ1) is 15.1. The van der Waals surface area contributed by atoms with Crippen LogP contribution < -0.4 is 5.32 Å². The first-order valence-corrected chi connectivity index (χ1v) is 7.45. The molecule has 110 valence electrons. The maximum Gasteiger partial charge on any atom is 0.257 e. The molecule has 0 bridgehead atoms.